The third kappa shape index (κ3) is 1.67. The average molecular weight is 306 g/mol. The van der Waals surface area contributed by atoms with Crippen LogP contribution in [0.4, 0.5) is 0 Å². The number of furan rings is 1. The summed E-state index contributed by atoms with van der Waals surface area (Å²) in [6.45, 7) is 2.44. The number of aromatic nitrogens is 2. The number of hydrogen-bond donors (Lipinski definition) is 1. The highest BCUT2D eigenvalue weighted by Gasteiger charge is 2.15. The van der Waals surface area contributed by atoms with E-state index in [1.54, 1.807) is 6.26 Å². The zero-order valence-electron chi connectivity index (χ0n) is 9.85. The van der Waals surface area contributed by atoms with Crippen LogP contribution in [0.5, 0.6) is 0 Å². The molecule has 0 saturated heterocycles. The molecule has 3 aromatic heterocycles. The fourth-order valence-electron chi connectivity index (χ4n) is 2.01. The number of hydrogen-bond acceptors (Lipinski definition) is 3. The zero-order valence-corrected chi connectivity index (χ0v) is 11.4. The molecule has 0 amide bonds. The second-order valence-corrected chi connectivity index (χ2v) is 4.98. The topological polar surface area (TPSA) is 56.5 Å². The Balaban J connectivity index is 2.33. The summed E-state index contributed by atoms with van der Waals surface area (Å²) in [6.07, 6.45) is 3.63. The Morgan fingerprint density at radius 2 is 2.33 bits per heavy atom. The summed E-state index contributed by atoms with van der Waals surface area (Å²) in [6, 6.07) is 5.76. The second-order valence-electron chi connectivity index (χ2n) is 4.12. The standard InChI is InChI=1S/C13H12BrN3O/c1-8-5-12-16-13(11-3-2-4-18-11)10(6-15)17(12)7-9(8)14/h2-5,7H,6,15H2,1H3. The summed E-state index contributed by atoms with van der Waals surface area (Å²) in [5.74, 6) is 0.743. The SMILES string of the molecule is Cc1cc2nc(-c3ccco3)c(CN)n2cc1Br. The highest BCUT2D eigenvalue weighted by atomic mass is 79.9. The van der Waals surface area contributed by atoms with E-state index in [0.29, 0.717) is 6.54 Å². The zero-order chi connectivity index (χ0) is 12.7. The van der Waals surface area contributed by atoms with Crippen LogP contribution in [0.15, 0.2) is 39.5 Å². The fraction of sp³-hybridized carbons (Fsp3) is 0.154. The van der Waals surface area contributed by atoms with Crippen molar-refractivity contribution in [2.75, 3.05) is 0 Å². The molecule has 18 heavy (non-hydrogen) atoms. The van der Waals surface area contributed by atoms with Crippen molar-refractivity contribution in [3.05, 3.63) is 46.4 Å². The number of nitrogens with zero attached hydrogens (tertiary/aromatic N) is 2. The maximum absolute atomic E-state index is 5.84. The Morgan fingerprint density at radius 1 is 1.50 bits per heavy atom. The highest BCUT2D eigenvalue weighted by molar-refractivity contribution is 9.10. The number of fused-ring (bicyclic) bond motifs is 1. The molecule has 0 aromatic carbocycles. The van der Waals surface area contributed by atoms with Crippen LogP contribution in [0.25, 0.3) is 17.1 Å². The van der Waals surface area contributed by atoms with Crippen molar-refractivity contribution in [2.24, 2.45) is 5.73 Å². The first-order valence-corrected chi connectivity index (χ1v) is 6.41. The number of imidazole rings is 1. The molecule has 5 heteroatoms. The number of rotatable bonds is 2. The molecular weight excluding hydrogens is 294 g/mol. The first-order valence-electron chi connectivity index (χ1n) is 5.61. The van der Waals surface area contributed by atoms with Crippen LogP contribution < -0.4 is 5.73 Å². The Kier molecular flexibility index (Phi) is 2.72. The van der Waals surface area contributed by atoms with E-state index in [2.05, 4.69) is 20.9 Å². The van der Waals surface area contributed by atoms with E-state index in [1.807, 2.05) is 35.7 Å². The molecule has 0 aliphatic heterocycles. The first-order chi connectivity index (χ1) is 8.70. The lowest BCUT2D eigenvalue weighted by Crippen LogP contribution is -2.02. The molecule has 0 bridgehead atoms. The molecule has 3 aromatic rings. The van der Waals surface area contributed by atoms with Gasteiger partial charge in [0.2, 0.25) is 0 Å². The van der Waals surface area contributed by atoms with Gasteiger partial charge in [-0.1, -0.05) is 0 Å². The summed E-state index contributed by atoms with van der Waals surface area (Å²) in [5.41, 5.74) is 9.61. The lowest BCUT2D eigenvalue weighted by atomic mass is 10.2. The average Bonchev–Trinajstić information content (AvgIpc) is 2.96. The Morgan fingerprint density at radius 3 is 3.00 bits per heavy atom. The summed E-state index contributed by atoms with van der Waals surface area (Å²) in [5, 5.41) is 0. The van der Waals surface area contributed by atoms with Crippen molar-refractivity contribution in [1.82, 2.24) is 9.38 Å². The maximum Gasteiger partial charge on any atom is 0.154 e. The second kappa shape index (κ2) is 4.26. The monoisotopic (exact) mass is 305 g/mol. The van der Waals surface area contributed by atoms with Crippen LogP contribution in [-0.2, 0) is 6.54 Å². The lowest BCUT2D eigenvalue weighted by Gasteiger charge is -2.02. The molecule has 0 aliphatic carbocycles. The Labute approximate surface area is 113 Å². The summed E-state index contributed by atoms with van der Waals surface area (Å²) in [7, 11) is 0. The first kappa shape index (κ1) is 11.5. The van der Waals surface area contributed by atoms with Crippen LogP contribution in [0, 0.1) is 6.92 Å². The minimum absolute atomic E-state index is 0.409. The van der Waals surface area contributed by atoms with Gasteiger partial charge in [0.15, 0.2) is 5.76 Å². The van der Waals surface area contributed by atoms with Crippen LogP contribution in [0.1, 0.15) is 11.3 Å². The molecule has 4 nitrogen and oxygen atoms in total. The summed E-state index contributed by atoms with van der Waals surface area (Å²) >= 11 is 3.52. The van der Waals surface area contributed by atoms with E-state index in [0.717, 1.165) is 32.8 Å². The van der Waals surface area contributed by atoms with Gasteiger partial charge in [0.25, 0.3) is 0 Å². The van der Waals surface area contributed by atoms with Crippen LogP contribution in [-0.4, -0.2) is 9.38 Å². The third-order valence-corrected chi connectivity index (χ3v) is 3.78. The minimum atomic E-state index is 0.409. The van der Waals surface area contributed by atoms with Gasteiger partial charge >= 0.3 is 0 Å². The van der Waals surface area contributed by atoms with Crippen molar-refractivity contribution in [2.45, 2.75) is 13.5 Å². The van der Waals surface area contributed by atoms with E-state index in [4.69, 9.17) is 10.2 Å². The van der Waals surface area contributed by atoms with Gasteiger partial charge in [-0.05, 0) is 46.6 Å². The van der Waals surface area contributed by atoms with E-state index >= 15 is 0 Å². The maximum atomic E-state index is 5.84. The molecule has 0 saturated carbocycles. The fourth-order valence-corrected chi connectivity index (χ4v) is 2.33. The molecule has 3 heterocycles. The van der Waals surface area contributed by atoms with Crippen molar-refractivity contribution in [3.8, 4) is 11.5 Å². The Hall–Kier alpha value is -1.59. The molecule has 0 unspecified atom stereocenters. The van der Waals surface area contributed by atoms with Gasteiger partial charge in [-0.15, -0.1) is 0 Å². The van der Waals surface area contributed by atoms with E-state index < -0.39 is 0 Å². The molecule has 0 fully saturated rings. The minimum Gasteiger partial charge on any atom is -0.463 e. The van der Waals surface area contributed by atoms with Crippen molar-refractivity contribution in [1.29, 1.82) is 0 Å². The van der Waals surface area contributed by atoms with Gasteiger partial charge in [0.1, 0.15) is 11.3 Å². The van der Waals surface area contributed by atoms with E-state index in [1.165, 1.54) is 0 Å². The molecule has 92 valence electrons. The largest absolute Gasteiger partial charge is 0.463 e. The molecule has 0 aliphatic rings. The normalized spacial score (nSPS) is 11.3. The van der Waals surface area contributed by atoms with Gasteiger partial charge in [-0.2, -0.15) is 0 Å². The number of nitrogens with two attached hydrogens (primary N) is 1. The van der Waals surface area contributed by atoms with Gasteiger partial charge < -0.3 is 14.6 Å². The highest BCUT2D eigenvalue weighted by Crippen LogP contribution is 2.27. The van der Waals surface area contributed by atoms with Gasteiger partial charge in [-0.25, -0.2) is 4.98 Å². The van der Waals surface area contributed by atoms with Gasteiger partial charge in [0, 0.05) is 17.2 Å². The Bertz CT molecular complexity index is 701. The van der Waals surface area contributed by atoms with Crippen molar-refractivity contribution < 1.29 is 4.42 Å². The predicted molar refractivity (Wildman–Crippen MR) is 73.2 cm³/mol. The predicted octanol–water partition coefficient (Wildman–Crippen LogP) is 3.12. The summed E-state index contributed by atoms with van der Waals surface area (Å²) in [4.78, 5) is 4.60. The molecule has 0 atom stereocenters. The molecule has 3 rings (SSSR count). The summed E-state index contributed by atoms with van der Waals surface area (Å²) < 4.78 is 8.44. The number of aryl methyl sites for hydroxylation is 1. The quantitative estimate of drug-likeness (QED) is 0.791. The van der Waals surface area contributed by atoms with Crippen LogP contribution >= 0.6 is 15.9 Å². The van der Waals surface area contributed by atoms with Crippen molar-refractivity contribution >= 4 is 21.6 Å². The van der Waals surface area contributed by atoms with E-state index in [9.17, 15) is 0 Å². The van der Waals surface area contributed by atoms with E-state index in [-0.39, 0.29) is 0 Å². The molecular formula is C13H12BrN3O. The molecule has 0 radical (unpaired) electrons. The van der Waals surface area contributed by atoms with Crippen LogP contribution in [0.3, 0.4) is 0 Å². The van der Waals surface area contributed by atoms with Crippen LogP contribution in [0.2, 0.25) is 0 Å². The van der Waals surface area contributed by atoms with Crippen molar-refractivity contribution in [3.63, 3.8) is 0 Å². The third-order valence-electron chi connectivity index (χ3n) is 2.95. The molecule has 2 N–H and O–H groups in total. The molecule has 0 spiro atoms. The smallest absolute Gasteiger partial charge is 0.154 e. The number of halogens is 1. The van der Waals surface area contributed by atoms with Gasteiger partial charge in [-0.3, -0.25) is 0 Å². The number of pyridine rings is 1. The lowest BCUT2D eigenvalue weighted by molar-refractivity contribution is 0.579. The van der Waals surface area contributed by atoms with Gasteiger partial charge in [0.05, 0.1) is 12.0 Å².